The van der Waals surface area contributed by atoms with Gasteiger partial charge in [-0.15, -0.1) is 0 Å². The summed E-state index contributed by atoms with van der Waals surface area (Å²) < 4.78 is 8.42. The molecule has 14 heteroatoms. The molecule has 338 valence electrons. The van der Waals surface area contributed by atoms with Crippen molar-refractivity contribution in [2.75, 3.05) is 33.3 Å². The average molecular weight is 872 g/mol. The number of benzene rings is 2. The van der Waals surface area contributed by atoms with Gasteiger partial charge in [-0.3, -0.25) is 34.0 Å². The number of esters is 1. The molecule has 2 aromatic heterocycles. The first-order chi connectivity index (χ1) is 30.4. The lowest BCUT2D eigenvalue weighted by Gasteiger charge is -2.36. The van der Waals surface area contributed by atoms with Crippen LogP contribution >= 0.6 is 0 Å². The van der Waals surface area contributed by atoms with Gasteiger partial charge in [-0.05, 0) is 130 Å². The highest BCUT2D eigenvalue weighted by atomic mass is 16.5. The standard InChI is InChI=1S/C50H61N7O7/c1-10-42(59)55-18-16-34(27-55)47(61)54(9)44(29(3)4)46(60)52-40-21-32-19-35(22-36(58)20-32)33-14-15-41-37(23-33)38(45(56(41)11-2)43-30(5)25-51-26-31(43)6)24-50(7,8)28-64-49(63)39-13-12-17-57(53-39)48(40)62/h10,14-15,19-20,22-23,25-26,34,39-40,53,58H,1,11-13,16-18,21,24,27-28H2,2-9H3,(H,52,60)/t34-,39-,40-/m0/s1. The molecule has 0 unspecified atom stereocenters. The third-order valence-electron chi connectivity index (χ3n) is 12.8. The van der Waals surface area contributed by atoms with Crippen LogP contribution in [0.1, 0.15) is 76.1 Å². The average Bonchev–Trinajstić information content (AvgIpc) is 3.87. The Bertz CT molecular complexity index is 2550. The Hall–Kier alpha value is -6.28. The molecule has 0 saturated carbocycles. The second-order valence-corrected chi connectivity index (χ2v) is 18.6. The fourth-order valence-corrected chi connectivity index (χ4v) is 9.68. The topological polar surface area (TPSA) is 166 Å². The van der Waals surface area contributed by atoms with Crippen molar-refractivity contribution in [1.29, 1.82) is 0 Å². The minimum atomic E-state index is -1.19. The van der Waals surface area contributed by atoms with Crippen LogP contribution in [0.5, 0.6) is 5.75 Å². The minimum absolute atomic E-state index is 0.00879. The van der Waals surface area contributed by atoms with Crippen LogP contribution in [-0.2, 0) is 48.1 Å². The van der Waals surface area contributed by atoms with Gasteiger partial charge in [-0.1, -0.05) is 32.6 Å². The van der Waals surface area contributed by atoms with Crippen molar-refractivity contribution in [3.8, 4) is 28.1 Å². The van der Waals surface area contributed by atoms with E-state index in [0.29, 0.717) is 49.9 Å². The molecule has 6 bridgehead atoms. The number of aromatic hydroxyl groups is 1. The zero-order chi connectivity index (χ0) is 46.2. The van der Waals surface area contributed by atoms with Gasteiger partial charge in [0.05, 0.1) is 18.2 Å². The van der Waals surface area contributed by atoms with Crippen LogP contribution < -0.4 is 10.7 Å². The number of aromatic nitrogens is 2. The van der Waals surface area contributed by atoms with Crippen LogP contribution in [0.2, 0.25) is 0 Å². The molecule has 14 nitrogen and oxygen atoms in total. The van der Waals surface area contributed by atoms with Gasteiger partial charge < -0.3 is 29.5 Å². The predicted octanol–water partition coefficient (Wildman–Crippen LogP) is 6.15. The summed E-state index contributed by atoms with van der Waals surface area (Å²) in [6, 6.07) is 9.49. The highest BCUT2D eigenvalue weighted by Gasteiger charge is 2.38. The number of fused-ring (bicyclic) bond motifs is 6. The van der Waals surface area contributed by atoms with E-state index in [1.807, 2.05) is 24.5 Å². The molecule has 0 radical (unpaired) electrons. The van der Waals surface area contributed by atoms with E-state index in [9.17, 15) is 29.1 Å². The number of nitrogens with zero attached hydrogens (tertiary/aromatic N) is 5. The van der Waals surface area contributed by atoms with E-state index in [-0.39, 0.29) is 49.4 Å². The number of hydrogen-bond donors (Lipinski definition) is 3. The summed E-state index contributed by atoms with van der Waals surface area (Å²) in [6.07, 6.45) is 6.95. The van der Waals surface area contributed by atoms with Crippen LogP contribution in [0.4, 0.5) is 0 Å². The first kappa shape index (κ1) is 45.7. The Balaban J connectivity index is 1.31. The Labute approximate surface area is 375 Å². The number of aryl methyl sites for hydroxylation is 3. The van der Waals surface area contributed by atoms with Gasteiger partial charge in [-0.25, -0.2) is 5.43 Å². The number of rotatable bonds is 7. The number of likely N-dealkylation sites (tertiary alicyclic amines) is 1. The number of nitrogens with one attached hydrogen (secondary N) is 2. The lowest BCUT2D eigenvalue weighted by atomic mass is 9.83. The maximum atomic E-state index is 14.7. The number of carbonyl (C=O) groups excluding carboxylic acids is 5. The van der Waals surface area contributed by atoms with Crippen molar-refractivity contribution in [3.05, 3.63) is 95.0 Å². The number of pyridine rings is 1. The van der Waals surface area contributed by atoms with Crippen molar-refractivity contribution in [2.45, 2.75) is 99.2 Å². The van der Waals surface area contributed by atoms with Crippen molar-refractivity contribution in [2.24, 2.45) is 11.3 Å². The lowest BCUT2D eigenvalue weighted by Crippen LogP contribution is -2.60. The maximum Gasteiger partial charge on any atom is 0.324 e. The van der Waals surface area contributed by atoms with Crippen molar-refractivity contribution in [3.63, 3.8) is 0 Å². The molecule has 3 aliphatic heterocycles. The molecule has 3 aliphatic rings. The molecule has 5 heterocycles. The number of allylic oxidation sites excluding steroid dienone is 1. The monoisotopic (exact) mass is 871 g/mol. The van der Waals surface area contributed by atoms with Gasteiger partial charge in [0.25, 0.3) is 11.8 Å². The molecule has 2 aromatic carbocycles. The molecule has 0 aliphatic carbocycles. The van der Waals surface area contributed by atoms with Gasteiger partial charge >= 0.3 is 5.97 Å². The largest absolute Gasteiger partial charge is 0.508 e. The fraction of sp³-hybridized carbons (Fsp3) is 0.440. The number of hydrazine groups is 1. The molecule has 3 atom stereocenters. The van der Waals surface area contributed by atoms with E-state index in [0.717, 1.165) is 50.0 Å². The first-order valence-electron chi connectivity index (χ1n) is 22.2. The van der Waals surface area contributed by atoms with Gasteiger partial charge in [0.15, 0.2) is 0 Å². The van der Waals surface area contributed by atoms with E-state index in [2.05, 4.69) is 73.6 Å². The molecular weight excluding hydrogens is 811 g/mol. The molecule has 2 saturated heterocycles. The van der Waals surface area contributed by atoms with E-state index < -0.39 is 41.2 Å². The highest BCUT2D eigenvalue weighted by molar-refractivity contribution is 6.01. The van der Waals surface area contributed by atoms with Crippen LogP contribution in [0.15, 0.2) is 72.7 Å². The van der Waals surface area contributed by atoms with Crippen LogP contribution in [0.25, 0.3) is 33.3 Å². The number of ether oxygens (including phenoxy) is 1. The van der Waals surface area contributed by atoms with E-state index in [4.69, 9.17) is 4.74 Å². The van der Waals surface area contributed by atoms with Crippen LogP contribution in [-0.4, -0.2) is 104 Å². The molecule has 3 N–H and O–H groups in total. The zero-order valence-corrected chi connectivity index (χ0v) is 38.3. The van der Waals surface area contributed by atoms with Gasteiger partial charge in [0, 0.05) is 73.9 Å². The molecular formula is C50H61N7O7. The number of amides is 4. The first-order valence-corrected chi connectivity index (χ1v) is 22.2. The fourth-order valence-electron chi connectivity index (χ4n) is 9.68. The van der Waals surface area contributed by atoms with Gasteiger partial charge in [0.1, 0.15) is 23.5 Å². The van der Waals surface area contributed by atoms with E-state index >= 15 is 0 Å². The number of phenols is 1. The van der Waals surface area contributed by atoms with Crippen molar-refractivity contribution in [1.82, 2.24) is 35.1 Å². The zero-order valence-electron chi connectivity index (χ0n) is 38.3. The summed E-state index contributed by atoms with van der Waals surface area (Å²) in [5.74, 6) is -2.72. The highest BCUT2D eigenvalue weighted by Crippen LogP contribution is 2.42. The summed E-state index contributed by atoms with van der Waals surface area (Å²) >= 11 is 0. The minimum Gasteiger partial charge on any atom is -0.508 e. The SMILES string of the molecule is C=CC(=O)N1CC[C@H](C(=O)N(C)C(C(=O)N[C@H]2Cc3cc(O)cc(c3)-c3ccc4c(c3)c(c(-c3c(C)cncc3C)n4CC)CC(C)(C)COC(=O)[C@@H]3CCCN(N3)C2=O)=C(C)C)C1. The number of hydrogen-bond acceptors (Lipinski definition) is 9. The molecule has 7 rings (SSSR count). The third kappa shape index (κ3) is 9.19. The predicted molar refractivity (Wildman–Crippen MR) is 245 cm³/mol. The second kappa shape index (κ2) is 18.4. The van der Waals surface area contributed by atoms with E-state index in [1.165, 1.54) is 23.0 Å². The molecule has 2 fully saturated rings. The van der Waals surface area contributed by atoms with Crippen LogP contribution in [0.3, 0.4) is 0 Å². The second-order valence-electron chi connectivity index (χ2n) is 18.6. The van der Waals surface area contributed by atoms with Crippen molar-refractivity contribution >= 4 is 40.5 Å². The maximum absolute atomic E-state index is 14.7. The van der Waals surface area contributed by atoms with Crippen molar-refractivity contribution < 1.29 is 33.8 Å². The Kier molecular flexibility index (Phi) is 13.2. The number of likely N-dealkylation sites (N-methyl/N-ethyl adjacent to an activating group) is 1. The van der Waals surface area contributed by atoms with Gasteiger partial charge in [0.2, 0.25) is 11.8 Å². The number of cyclic esters (lactones) is 1. The van der Waals surface area contributed by atoms with Crippen LogP contribution in [0, 0.1) is 25.2 Å². The molecule has 4 amide bonds. The normalized spacial score (nSPS) is 20.0. The summed E-state index contributed by atoms with van der Waals surface area (Å²) in [7, 11) is 1.53. The summed E-state index contributed by atoms with van der Waals surface area (Å²) in [5, 5.41) is 16.6. The smallest absolute Gasteiger partial charge is 0.324 e. The van der Waals surface area contributed by atoms with E-state index in [1.54, 1.807) is 30.9 Å². The Morgan fingerprint density at radius 1 is 1.05 bits per heavy atom. The summed E-state index contributed by atoms with van der Waals surface area (Å²) in [5.41, 5.74) is 11.9. The Morgan fingerprint density at radius 3 is 2.47 bits per heavy atom. The lowest BCUT2D eigenvalue weighted by molar-refractivity contribution is -0.155. The summed E-state index contributed by atoms with van der Waals surface area (Å²) in [4.78, 5) is 76.4. The summed E-state index contributed by atoms with van der Waals surface area (Å²) in [6.45, 7) is 19.2. The quantitative estimate of drug-likeness (QED) is 0.146. The molecule has 64 heavy (non-hydrogen) atoms. The molecule has 4 aromatic rings. The molecule has 0 spiro atoms. The third-order valence-corrected chi connectivity index (χ3v) is 12.8. The number of carbonyl (C=O) groups is 5. The Morgan fingerprint density at radius 2 is 1.78 bits per heavy atom. The van der Waals surface area contributed by atoms with Gasteiger partial charge in [-0.2, -0.15) is 0 Å². The number of phenolic OH excluding ortho intramolecular Hbond substituents is 1.